The molecule has 2 rings (SSSR count). The number of rotatable bonds is 3. The van der Waals surface area contributed by atoms with E-state index in [0.29, 0.717) is 12.2 Å². The Kier molecular flexibility index (Phi) is 3.87. The van der Waals surface area contributed by atoms with E-state index in [-0.39, 0.29) is 10.6 Å². The third-order valence-corrected chi connectivity index (χ3v) is 2.86. The number of hydrogen-bond acceptors (Lipinski definition) is 3. The molecule has 0 aliphatic heterocycles. The highest BCUT2D eigenvalue weighted by atomic mass is 35.5. The van der Waals surface area contributed by atoms with Crippen molar-refractivity contribution in [2.24, 2.45) is 0 Å². The average molecular weight is 283 g/mol. The lowest BCUT2D eigenvalue weighted by atomic mass is 10.1. The van der Waals surface area contributed by atoms with Crippen molar-refractivity contribution in [3.05, 3.63) is 40.9 Å². The zero-order valence-electron chi connectivity index (χ0n) is 11.1. The molecule has 2 aromatic rings. The molecular weight excluding hydrogens is 267 g/mol. The Morgan fingerprint density at radius 1 is 1.37 bits per heavy atom. The Bertz CT molecular complexity index is 574. The summed E-state index contributed by atoms with van der Waals surface area (Å²) in [6.45, 7) is 6.85. The van der Waals surface area contributed by atoms with Gasteiger partial charge in [-0.25, -0.2) is 9.07 Å². The molecule has 1 N–H and O–H groups in total. The Balaban J connectivity index is 2.26. The third kappa shape index (κ3) is 3.52. The van der Waals surface area contributed by atoms with E-state index in [9.17, 15) is 4.39 Å². The molecule has 0 amide bonds. The van der Waals surface area contributed by atoms with Crippen LogP contribution >= 0.6 is 11.6 Å². The van der Waals surface area contributed by atoms with Gasteiger partial charge in [0.15, 0.2) is 0 Å². The maximum Gasteiger partial charge on any atom is 0.141 e. The van der Waals surface area contributed by atoms with Crippen molar-refractivity contribution < 1.29 is 4.39 Å². The van der Waals surface area contributed by atoms with Crippen molar-refractivity contribution in [1.29, 1.82) is 0 Å². The molecule has 1 aromatic carbocycles. The average Bonchev–Trinajstić information content (AvgIpc) is 2.77. The minimum Gasteiger partial charge on any atom is -0.306 e. The van der Waals surface area contributed by atoms with E-state index in [1.807, 2.05) is 0 Å². The summed E-state index contributed by atoms with van der Waals surface area (Å²) in [7, 11) is 0. The van der Waals surface area contributed by atoms with E-state index in [1.165, 1.54) is 12.1 Å². The van der Waals surface area contributed by atoms with Gasteiger partial charge >= 0.3 is 0 Å². The molecule has 0 spiro atoms. The highest BCUT2D eigenvalue weighted by Gasteiger charge is 2.13. The van der Waals surface area contributed by atoms with E-state index >= 15 is 0 Å². The van der Waals surface area contributed by atoms with Crippen LogP contribution in [0.4, 0.5) is 4.39 Å². The van der Waals surface area contributed by atoms with Gasteiger partial charge in [0.2, 0.25) is 0 Å². The number of nitrogens with zero attached hydrogens (tertiary/aromatic N) is 3. The molecule has 1 aromatic heterocycles. The number of benzene rings is 1. The van der Waals surface area contributed by atoms with Gasteiger partial charge in [0.25, 0.3) is 0 Å². The topological polar surface area (TPSA) is 42.7 Å². The molecule has 19 heavy (non-hydrogen) atoms. The molecule has 0 radical (unpaired) electrons. The zero-order valence-corrected chi connectivity index (χ0v) is 11.9. The van der Waals surface area contributed by atoms with Gasteiger partial charge in [-0.2, -0.15) is 0 Å². The predicted molar refractivity (Wildman–Crippen MR) is 72.9 cm³/mol. The van der Waals surface area contributed by atoms with Crippen molar-refractivity contribution in [1.82, 2.24) is 20.3 Å². The van der Waals surface area contributed by atoms with Crippen LogP contribution in [0.1, 0.15) is 26.5 Å². The normalized spacial score (nSPS) is 11.8. The smallest absolute Gasteiger partial charge is 0.141 e. The van der Waals surface area contributed by atoms with Gasteiger partial charge in [-0.15, -0.1) is 5.10 Å². The Morgan fingerprint density at radius 3 is 2.74 bits per heavy atom. The number of halogens is 2. The van der Waals surface area contributed by atoms with E-state index in [2.05, 4.69) is 36.4 Å². The molecule has 1 heterocycles. The van der Waals surface area contributed by atoms with Gasteiger partial charge in [0, 0.05) is 12.1 Å². The predicted octanol–water partition coefficient (Wildman–Crippen LogP) is 2.95. The summed E-state index contributed by atoms with van der Waals surface area (Å²) in [6.07, 6.45) is 1.68. The van der Waals surface area contributed by atoms with Gasteiger partial charge < -0.3 is 5.32 Å². The van der Waals surface area contributed by atoms with Crippen molar-refractivity contribution in [3.63, 3.8) is 0 Å². The fourth-order valence-electron chi connectivity index (χ4n) is 1.57. The lowest BCUT2D eigenvalue weighted by molar-refractivity contribution is 0.418. The third-order valence-electron chi connectivity index (χ3n) is 2.57. The van der Waals surface area contributed by atoms with E-state index in [4.69, 9.17) is 11.6 Å². The van der Waals surface area contributed by atoms with E-state index < -0.39 is 5.82 Å². The molecule has 0 aliphatic carbocycles. The summed E-state index contributed by atoms with van der Waals surface area (Å²) < 4.78 is 14.8. The van der Waals surface area contributed by atoms with Crippen molar-refractivity contribution >= 4 is 11.6 Å². The summed E-state index contributed by atoms with van der Waals surface area (Å²) in [5.41, 5.74) is 1.57. The summed E-state index contributed by atoms with van der Waals surface area (Å²) in [6, 6.07) is 4.48. The lowest BCUT2D eigenvalue weighted by Crippen LogP contribution is -2.35. The van der Waals surface area contributed by atoms with Crippen molar-refractivity contribution in [2.75, 3.05) is 0 Å². The van der Waals surface area contributed by atoms with Gasteiger partial charge in [-0.05, 0) is 39.0 Å². The molecule has 6 heteroatoms. The standard InChI is InChI=1S/C13H16ClFN4/c1-13(2,3)16-7-10-8-17-18-19(10)9-4-5-12(15)11(14)6-9/h4-6,8,16H,7H2,1-3H3. The molecule has 102 valence electrons. The molecule has 0 atom stereocenters. The first-order chi connectivity index (χ1) is 8.87. The first-order valence-corrected chi connectivity index (χ1v) is 6.35. The second-order valence-corrected chi connectivity index (χ2v) is 5.75. The number of nitrogens with one attached hydrogen (secondary N) is 1. The van der Waals surface area contributed by atoms with E-state index in [1.54, 1.807) is 16.9 Å². The molecule has 0 unspecified atom stereocenters. The van der Waals surface area contributed by atoms with Crippen LogP contribution in [0.3, 0.4) is 0 Å². The van der Waals surface area contributed by atoms with Crippen LogP contribution in [-0.4, -0.2) is 20.5 Å². The molecule has 0 fully saturated rings. The molecule has 0 aliphatic rings. The summed E-state index contributed by atoms with van der Waals surface area (Å²) in [5.74, 6) is -0.445. The Labute approximate surface area is 116 Å². The van der Waals surface area contributed by atoms with Crippen LogP contribution in [0.2, 0.25) is 5.02 Å². The maximum atomic E-state index is 13.2. The number of aromatic nitrogens is 3. The van der Waals surface area contributed by atoms with Crippen molar-refractivity contribution in [3.8, 4) is 5.69 Å². The van der Waals surface area contributed by atoms with Crippen molar-refractivity contribution in [2.45, 2.75) is 32.9 Å². The molecular formula is C13H16ClFN4. The first kappa shape index (κ1) is 14.0. The highest BCUT2D eigenvalue weighted by Crippen LogP contribution is 2.19. The highest BCUT2D eigenvalue weighted by molar-refractivity contribution is 6.30. The lowest BCUT2D eigenvalue weighted by Gasteiger charge is -2.20. The zero-order chi connectivity index (χ0) is 14.0. The molecule has 0 bridgehead atoms. The molecule has 4 nitrogen and oxygen atoms in total. The number of hydrogen-bond donors (Lipinski definition) is 1. The summed E-state index contributed by atoms with van der Waals surface area (Å²) >= 11 is 5.78. The second kappa shape index (κ2) is 5.27. The summed E-state index contributed by atoms with van der Waals surface area (Å²) in [4.78, 5) is 0. The van der Waals surface area contributed by atoms with Gasteiger partial charge in [0.05, 0.1) is 22.6 Å². The molecule has 0 saturated heterocycles. The summed E-state index contributed by atoms with van der Waals surface area (Å²) in [5, 5.41) is 11.3. The SMILES string of the molecule is CC(C)(C)NCc1cnnn1-c1ccc(F)c(Cl)c1. The van der Waals surface area contributed by atoms with Crippen LogP contribution in [0, 0.1) is 5.82 Å². The second-order valence-electron chi connectivity index (χ2n) is 5.34. The van der Waals surface area contributed by atoms with Crippen LogP contribution in [-0.2, 0) is 6.54 Å². The van der Waals surface area contributed by atoms with E-state index in [0.717, 1.165) is 5.69 Å². The van der Waals surface area contributed by atoms with Crippen LogP contribution in [0.5, 0.6) is 0 Å². The van der Waals surface area contributed by atoms with Gasteiger partial charge in [-0.3, -0.25) is 0 Å². The van der Waals surface area contributed by atoms with Crippen LogP contribution in [0.25, 0.3) is 5.69 Å². The monoisotopic (exact) mass is 282 g/mol. The van der Waals surface area contributed by atoms with Gasteiger partial charge in [-0.1, -0.05) is 16.8 Å². The largest absolute Gasteiger partial charge is 0.306 e. The minimum atomic E-state index is -0.445. The Hall–Kier alpha value is -1.46. The van der Waals surface area contributed by atoms with Crippen LogP contribution in [0.15, 0.2) is 24.4 Å². The maximum absolute atomic E-state index is 13.2. The first-order valence-electron chi connectivity index (χ1n) is 5.97. The molecule has 0 saturated carbocycles. The quantitative estimate of drug-likeness (QED) is 0.941. The Morgan fingerprint density at radius 2 is 2.11 bits per heavy atom. The van der Waals surface area contributed by atoms with Crippen LogP contribution < -0.4 is 5.32 Å². The fraction of sp³-hybridized carbons (Fsp3) is 0.385. The fourth-order valence-corrected chi connectivity index (χ4v) is 1.74. The minimum absolute atomic E-state index is 0.00442. The van der Waals surface area contributed by atoms with Gasteiger partial charge in [0.1, 0.15) is 5.82 Å².